The average molecular weight is 486 g/mol. The second-order valence-corrected chi connectivity index (χ2v) is 8.05. The minimum atomic E-state index is -0.706. The molecule has 0 aliphatic carbocycles. The van der Waals surface area contributed by atoms with E-state index in [1.54, 1.807) is 13.2 Å². The van der Waals surface area contributed by atoms with E-state index < -0.39 is 11.7 Å². The van der Waals surface area contributed by atoms with Gasteiger partial charge in [0.2, 0.25) is 5.90 Å². The largest absolute Gasteiger partial charge is 0.481 e. The fourth-order valence-corrected chi connectivity index (χ4v) is 3.76. The van der Waals surface area contributed by atoms with Crippen LogP contribution in [0.3, 0.4) is 0 Å². The standard InChI is InChI=1S/C29H28FN3O3/c1-19-8-5-6-9-24(19)25-12-11-22(16-23(25)18-35-3)29(36-4)33-20(2)21-10-13-26(27(30)17-21)28(34)32-15-7-14-31/h5-6,8-13,16-17H,2,7,15,18H2,1,3-4H3,(H,32,34). The van der Waals surface area contributed by atoms with Crippen LogP contribution in [0.1, 0.15) is 39.0 Å². The van der Waals surface area contributed by atoms with Gasteiger partial charge in [-0.1, -0.05) is 43.0 Å². The van der Waals surface area contributed by atoms with Crippen molar-refractivity contribution in [3.63, 3.8) is 0 Å². The highest BCUT2D eigenvalue weighted by atomic mass is 19.1. The molecule has 6 nitrogen and oxygen atoms in total. The summed E-state index contributed by atoms with van der Waals surface area (Å²) in [5, 5.41) is 11.1. The third-order valence-corrected chi connectivity index (χ3v) is 5.59. The van der Waals surface area contributed by atoms with Crippen molar-refractivity contribution in [3.05, 3.63) is 101 Å². The molecule has 0 aliphatic rings. The van der Waals surface area contributed by atoms with E-state index >= 15 is 0 Å². The molecule has 0 fully saturated rings. The number of ether oxygens (including phenoxy) is 2. The number of nitrogens with one attached hydrogen (secondary N) is 1. The van der Waals surface area contributed by atoms with Crippen molar-refractivity contribution in [1.29, 1.82) is 5.26 Å². The second-order valence-electron chi connectivity index (χ2n) is 8.05. The van der Waals surface area contributed by atoms with Crippen molar-refractivity contribution in [2.24, 2.45) is 4.99 Å². The lowest BCUT2D eigenvalue weighted by molar-refractivity contribution is 0.0950. The highest BCUT2D eigenvalue weighted by molar-refractivity contribution is 5.98. The van der Waals surface area contributed by atoms with Crippen LogP contribution in [0.4, 0.5) is 4.39 Å². The number of carbonyl (C=O) groups excluding carboxylic acids is 1. The Kier molecular flexibility index (Phi) is 9.09. The predicted octanol–water partition coefficient (Wildman–Crippen LogP) is 5.65. The first-order valence-corrected chi connectivity index (χ1v) is 11.3. The lowest BCUT2D eigenvalue weighted by Crippen LogP contribution is -2.25. The quantitative estimate of drug-likeness (QED) is 0.241. The highest BCUT2D eigenvalue weighted by Gasteiger charge is 2.15. The number of hydrogen-bond acceptors (Lipinski definition) is 5. The van der Waals surface area contributed by atoms with Gasteiger partial charge in [-0.05, 0) is 53.4 Å². The van der Waals surface area contributed by atoms with Gasteiger partial charge in [-0.25, -0.2) is 9.38 Å². The van der Waals surface area contributed by atoms with Crippen LogP contribution in [-0.4, -0.2) is 32.6 Å². The Labute approximate surface area is 210 Å². The fraction of sp³-hybridized carbons (Fsp3) is 0.207. The van der Waals surface area contributed by atoms with Gasteiger partial charge in [0.05, 0.1) is 37.5 Å². The smallest absolute Gasteiger partial charge is 0.254 e. The fourth-order valence-electron chi connectivity index (χ4n) is 3.76. The molecule has 0 saturated heterocycles. The zero-order chi connectivity index (χ0) is 26.1. The van der Waals surface area contributed by atoms with Gasteiger partial charge < -0.3 is 14.8 Å². The number of amides is 1. The van der Waals surface area contributed by atoms with E-state index in [4.69, 9.17) is 14.7 Å². The molecule has 7 heteroatoms. The molecule has 0 bridgehead atoms. The molecule has 0 aliphatic heterocycles. The first kappa shape index (κ1) is 26.3. The Balaban J connectivity index is 1.89. The van der Waals surface area contributed by atoms with Gasteiger partial charge in [-0.15, -0.1) is 0 Å². The Hall–Kier alpha value is -4.28. The van der Waals surface area contributed by atoms with Crippen LogP contribution in [0.5, 0.6) is 0 Å². The maximum atomic E-state index is 14.6. The van der Waals surface area contributed by atoms with Crippen LogP contribution in [0.25, 0.3) is 16.8 Å². The zero-order valence-corrected chi connectivity index (χ0v) is 20.6. The van der Waals surface area contributed by atoms with Gasteiger partial charge in [0.25, 0.3) is 5.91 Å². The van der Waals surface area contributed by atoms with E-state index in [0.717, 1.165) is 27.8 Å². The molecule has 0 unspecified atom stereocenters. The number of methoxy groups -OCH3 is 2. The van der Waals surface area contributed by atoms with Gasteiger partial charge in [0.15, 0.2) is 0 Å². The summed E-state index contributed by atoms with van der Waals surface area (Å²) in [6.07, 6.45) is 0.148. The Morgan fingerprint density at radius 1 is 1.08 bits per heavy atom. The molecule has 3 aromatic carbocycles. The van der Waals surface area contributed by atoms with Gasteiger partial charge in [0, 0.05) is 24.8 Å². The third-order valence-electron chi connectivity index (χ3n) is 5.59. The summed E-state index contributed by atoms with van der Waals surface area (Å²) < 4.78 is 25.6. The van der Waals surface area contributed by atoms with Gasteiger partial charge >= 0.3 is 0 Å². The SMILES string of the molecule is C=C(N=C(OC)c1ccc(-c2ccccc2C)c(COC)c1)c1ccc(C(=O)NCCC#N)c(F)c1. The van der Waals surface area contributed by atoms with E-state index in [-0.39, 0.29) is 24.2 Å². The molecule has 0 atom stereocenters. The zero-order valence-electron chi connectivity index (χ0n) is 20.6. The molecule has 0 saturated carbocycles. The highest BCUT2D eigenvalue weighted by Crippen LogP contribution is 2.29. The van der Waals surface area contributed by atoms with Crippen LogP contribution in [-0.2, 0) is 16.1 Å². The van der Waals surface area contributed by atoms with E-state index in [9.17, 15) is 9.18 Å². The Morgan fingerprint density at radius 3 is 2.50 bits per heavy atom. The molecule has 1 amide bonds. The molecule has 3 rings (SSSR count). The van der Waals surface area contributed by atoms with Crippen molar-refractivity contribution in [2.75, 3.05) is 20.8 Å². The predicted molar refractivity (Wildman–Crippen MR) is 139 cm³/mol. The number of halogens is 1. The summed E-state index contributed by atoms with van der Waals surface area (Å²) in [4.78, 5) is 16.6. The number of hydrogen-bond donors (Lipinski definition) is 1. The van der Waals surface area contributed by atoms with Crippen LogP contribution in [0, 0.1) is 24.1 Å². The average Bonchev–Trinajstić information content (AvgIpc) is 2.87. The summed E-state index contributed by atoms with van der Waals surface area (Å²) in [7, 11) is 3.15. The monoisotopic (exact) mass is 485 g/mol. The second kappa shape index (κ2) is 12.4. The van der Waals surface area contributed by atoms with Crippen molar-refractivity contribution < 1.29 is 18.7 Å². The first-order valence-electron chi connectivity index (χ1n) is 11.3. The number of nitriles is 1. The maximum absolute atomic E-state index is 14.6. The van der Waals surface area contributed by atoms with Crippen molar-refractivity contribution in [3.8, 4) is 17.2 Å². The van der Waals surface area contributed by atoms with Crippen molar-refractivity contribution >= 4 is 17.5 Å². The molecule has 0 radical (unpaired) electrons. The lowest BCUT2D eigenvalue weighted by Gasteiger charge is -2.14. The molecule has 0 aromatic heterocycles. The molecule has 3 aromatic rings. The van der Waals surface area contributed by atoms with Crippen LogP contribution >= 0.6 is 0 Å². The number of aryl methyl sites for hydroxylation is 1. The Morgan fingerprint density at radius 2 is 1.83 bits per heavy atom. The Bertz CT molecular complexity index is 1340. The van der Waals surface area contributed by atoms with Crippen molar-refractivity contribution in [2.45, 2.75) is 20.0 Å². The minimum Gasteiger partial charge on any atom is -0.481 e. The molecule has 1 N–H and O–H groups in total. The van der Waals surface area contributed by atoms with E-state index in [0.29, 0.717) is 18.1 Å². The third kappa shape index (κ3) is 6.23. The molecular formula is C29H28FN3O3. The summed E-state index contributed by atoms with van der Waals surface area (Å²) in [5.74, 6) is -0.977. The van der Waals surface area contributed by atoms with E-state index in [1.807, 2.05) is 36.4 Å². The molecular weight excluding hydrogens is 457 g/mol. The molecule has 36 heavy (non-hydrogen) atoms. The van der Waals surface area contributed by atoms with E-state index in [2.05, 4.69) is 35.9 Å². The number of rotatable bonds is 9. The number of benzene rings is 3. The summed E-state index contributed by atoms with van der Waals surface area (Å²) in [6.45, 7) is 6.57. The summed E-state index contributed by atoms with van der Waals surface area (Å²) in [5.41, 5.74) is 5.58. The topological polar surface area (TPSA) is 83.7 Å². The molecule has 0 heterocycles. The van der Waals surface area contributed by atoms with Crippen LogP contribution in [0.15, 0.2) is 72.2 Å². The first-order chi connectivity index (χ1) is 17.4. The lowest BCUT2D eigenvalue weighted by atomic mass is 9.94. The normalized spacial score (nSPS) is 11.0. The van der Waals surface area contributed by atoms with Gasteiger partial charge in [-0.3, -0.25) is 4.79 Å². The number of nitrogens with zero attached hydrogens (tertiary/aromatic N) is 2. The number of aliphatic imine (C=N–C) groups is 1. The molecule has 184 valence electrons. The summed E-state index contributed by atoms with van der Waals surface area (Å²) in [6, 6.07) is 20.1. The van der Waals surface area contributed by atoms with Crippen LogP contribution < -0.4 is 5.32 Å². The maximum Gasteiger partial charge on any atom is 0.254 e. The van der Waals surface area contributed by atoms with Crippen LogP contribution in [0.2, 0.25) is 0 Å². The number of carbonyl (C=O) groups is 1. The van der Waals surface area contributed by atoms with E-state index in [1.165, 1.54) is 19.2 Å². The van der Waals surface area contributed by atoms with Crippen molar-refractivity contribution in [1.82, 2.24) is 5.32 Å². The van der Waals surface area contributed by atoms with Gasteiger partial charge in [-0.2, -0.15) is 5.26 Å². The van der Waals surface area contributed by atoms with Gasteiger partial charge in [0.1, 0.15) is 5.82 Å². The molecule has 0 spiro atoms. The summed E-state index contributed by atoms with van der Waals surface area (Å²) >= 11 is 0. The minimum absolute atomic E-state index is 0.114.